The summed E-state index contributed by atoms with van der Waals surface area (Å²) in [7, 11) is 0. The molecule has 0 spiro atoms. The molecule has 2 aliphatic rings. The fourth-order valence-corrected chi connectivity index (χ4v) is 5.11. The summed E-state index contributed by atoms with van der Waals surface area (Å²) in [5, 5.41) is 0. The second-order valence-corrected chi connectivity index (χ2v) is 8.85. The van der Waals surface area contributed by atoms with Crippen molar-refractivity contribution < 1.29 is 4.74 Å². The van der Waals surface area contributed by atoms with Gasteiger partial charge in [0.2, 0.25) is 0 Å². The summed E-state index contributed by atoms with van der Waals surface area (Å²) in [6.45, 7) is 4.41. The quantitative estimate of drug-likeness (QED) is 0.532. The Bertz CT molecular complexity index is 698. The molecule has 2 fully saturated rings. The number of benzene rings is 2. The maximum atomic E-state index is 6.66. The van der Waals surface area contributed by atoms with E-state index in [1.54, 1.807) is 0 Å². The molecule has 0 aromatic heterocycles. The van der Waals surface area contributed by atoms with Crippen molar-refractivity contribution in [1.82, 2.24) is 0 Å². The summed E-state index contributed by atoms with van der Waals surface area (Å²) >= 11 is 0. The predicted molar refractivity (Wildman–Crippen MR) is 114 cm³/mol. The van der Waals surface area contributed by atoms with Crippen LogP contribution in [0.25, 0.3) is 0 Å². The van der Waals surface area contributed by atoms with Gasteiger partial charge in [-0.05, 0) is 74.6 Å². The van der Waals surface area contributed by atoms with Gasteiger partial charge in [0.25, 0.3) is 0 Å². The van der Waals surface area contributed by atoms with Gasteiger partial charge in [0.15, 0.2) is 0 Å². The van der Waals surface area contributed by atoms with Gasteiger partial charge in [-0.1, -0.05) is 73.9 Å². The highest BCUT2D eigenvalue weighted by Gasteiger charge is 2.23. The van der Waals surface area contributed by atoms with Gasteiger partial charge < -0.3 is 4.74 Å². The fourth-order valence-electron chi connectivity index (χ4n) is 5.11. The first-order chi connectivity index (χ1) is 13.2. The molecule has 0 heterocycles. The number of rotatable bonds is 4. The van der Waals surface area contributed by atoms with Crippen molar-refractivity contribution in [2.24, 2.45) is 0 Å². The SMILES string of the molecule is Cc1ccc(Oc2ccc(C)cc2C2CCCCC2)c(C2CCCCC2)c1. The minimum absolute atomic E-state index is 0.664. The third-order valence-corrected chi connectivity index (χ3v) is 6.64. The molecule has 144 valence electrons. The summed E-state index contributed by atoms with van der Waals surface area (Å²) in [6, 6.07) is 13.6. The molecule has 0 atom stereocenters. The molecule has 0 saturated heterocycles. The molecule has 2 aliphatic carbocycles. The van der Waals surface area contributed by atoms with Gasteiger partial charge in [-0.15, -0.1) is 0 Å². The lowest BCUT2D eigenvalue weighted by Crippen LogP contribution is -2.08. The van der Waals surface area contributed by atoms with Crippen LogP contribution in [0.15, 0.2) is 36.4 Å². The lowest BCUT2D eigenvalue weighted by molar-refractivity contribution is 0.403. The van der Waals surface area contributed by atoms with E-state index in [0.717, 1.165) is 11.5 Å². The van der Waals surface area contributed by atoms with E-state index >= 15 is 0 Å². The maximum Gasteiger partial charge on any atom is 0.130 e. The van der Waals surface area contributed by atoms with Gasteiger partial charge in [0.05, 0.1) is 0 Å². The number of aryl methyl sites for hydroxylation is 2. The highest BCUT2D eigenvalue weighted by Crippen LogP contribution is 2.43. The zero-order chi connectivity index (χ0) is 18.6. The van der Waals surface area contributed by atoms with E-state index in [9.17, 15) is 0 Å². The van der Waals surface area contributed by atoms with Crippen LogP contribution in [0.5, 0.6) is 11.5 Å². The number of ether oxygens (including phenoxy) is 1. The molecule has 0 amide bonds. The van der Waals surface area contributed by atoms with E-state index in [-0.39, 0.29) is 0 Å². The molecule has 0 aliphatic heterocycles. The highest BCUT2D eigenvalue weighted by molar-refractivity contribution is 5.46. The molecule has 0 unspecified atom stereocenters. The third kappa shape index (κ3) is 4.39. The average molecular weight is 363 g/mol. The van der Waals surface area contributed by atoms with E-state index < -0.39 is 0 Å². The number of hydrogen-bond donors (Lipinski definition) is 0. The van der Waals surface area contributed by atoms with Crippen molar-refractivity contribution >= 4 is 0 Å². The third-order valence-electron chi connectivity index (χ3n) is 6.64. The first-order valence-electron chi connectivity index (χ1n) is 11.1. The van der Waals surface area contributed by atoms with Crippen molar-refractivity contribution in [1.29, 1.82) is 0 Å². The second-order valence-electron chi connectivity index (χ2n) is 8.85. The molecule has 1 nitrogen and oxygen atoms in total. The van der Waals surface area contributed by atoms with Gasteiger partial charge in [-0.3, -0.25) is 0 Å². The lowest BCUT2D eigenvalue weighted by atomic mass is 9.82. The molecule has 27 heavy (non-hydrogen) atoms. The summed E-state index contributed by atoms with van der Waals surface area (Å²) in [4.78, 5) is 0. The lowest BCUT2D eigenvalue weighted by Gasteiger charge is -2.27. The Morgan fingerprint density at radius 1 is 0.593 bits per heavy atom. The Hall–Kier alpha value is -1.76. The Labute approximate surface area is 165 Å². The second kappa shape index (κ2) is 8.50. The maximum absolute atomic E-state index is 6.66. The van der Waals surface area contributed by atoms with Crippen molar-refractivity contribution in [2.75, 3.05) is 0 Å². The number of hydrogen-bond acceptors (Lipinski definition) is 1. The molecule has 2 aromatic carbocycles. The molecule has 2 saturated carbocycles. The van der Waals surface area contributed by atoms with Crippen LogP contribution >= 0.6 is 0 Å². The Morgan fingerprint density at radius 2 is 1.00 bits per heavy atom. The monoisotopic (exact) mass is 362 g/mol. The van der Waals surface area contributed by atoms with Crippen LogP contribution < -0.4 is 4.74 Å². The zero-order valence-electron chi connectivity index (χ0n) is 17.1. The van der Waals surface area contributed by atoms with E-state index in [0.29, 0.717) is 11.8 Å². The largest absolute Gasteiger partial charge is 0.457 e. The molecule has 1 heteroatoms. The topological polar surface area (TPSA) is 9.23 Å². The van der Waals surface area contributed by atoms with Crippen LogP contribution in [0.3, 0.4) is 0 Å². The summed E-state index contributed by atoms with van der Waals surface area (Å²) in [5.74, 6) is 3.51. The first kappa shape index (κ1) is 18.6. The summed E-state index contributed by atoms with van der Waals surface area (Å²) in [5.41, 5.74) is 5.56. The van der Waals surface area contributed by atoms with Crippen molar-refractivity contribution in [2.45, 2.75) is 89.9 Å². The van der Waals surface area contributed by atoms with Crippen LogP contribution in [0.1, 0.15) is 98.3 Å². The van der Waals surface area contributed by atoms with E-state index in [1.165, 1.54) is 86.5 Å². The van der Waals surface area contributed by atoms with Crippen molar-refractivity contribution in [3.05, 3.63) is 58.7 Å². The van der Waals surface area contributed by atoms with Gasteiger partial charge in [-0.25, -0.2) is 0 Å². The Kier molecular flexibility index (Phi) is 5.86. The first-order valence-corrected chi connectivity index (χ1v) is 11.1. The van der Waals surface area contributed by atoms with Gasteiger partial charge in [-0.2, -0.15) is 0 Å². The summed E-state index contributed by atoms with van der Waals surface area (Å²) in [6.07, 6.45) is 13.4. The Morgan fingerprint density at radius 3 is 1.41 bits per heavy atom. The van der Waals surface area contributed by atoms with Crippen molar-refractivity contribution in [3.63, 3.8) is 0 Å². The molecule has 2 aromatic rings. The van der Waals surface area contributed by atoms with E-state index in [1.807, 2.05) is 0 Å². The van der Waals surface area contributed by atoms with Crippen molar-refractivity contribution in [3.8, 4) is 11.5 Å². The average Bonchev–Trinajstić information content (AvgIpc) is 2.72. The zero-order valence-corrected chi connectivity index (χ0v) is 17.1. The van der Waals surface area contributed by atoms with Gasteiger partial charge >= 0.3 is 0 Å². The fraction of sp³-hybridized carbons (Fsp3) is 0.538. The molecule has 0 N–H and O–H groups in total. The highest BCUT2D eigenvalue weighted by atomic mass is 16.5. The summed E-state index contributed by atoms with van der Waals surface area (Å²) < 4.78 is 6.66. The van der Waals surface area contributed by atoms with E-state index in [4.69, 9.17) is 4.74 Å². The van der Waals surface area contributed by atoms with Crippen LogP contribution in [0.2, 0.25) is 0 Å². The van der Waals surface area contributed by atoms with E-state index in [2.05, 4.69) is 50.2 Å². The standard InChI is InChI=1S/C26H34O/c1-19-13-15-25(23(17-19)21-9-5-3-6-10-21)27-26-16-14-20(2)18-24(26)22-11-7-4-8-12-22/h13-18,21-22H,3-12H2,1-2H3. The predicted octanol–water partition coefficient (Wildman–Crippen LogP) is 8.19. The minimum Gasteiger partial charge on any atom is -0.457 e. The van der Waals surface area contributed by atoms with Crippen LogP contribution in [0.4, 0.5) is 0 Å². The van der Waals surface area contributed by atoms with Gasteiger partial charge in [0, 0.05) is 0 Å². The van der Waals surface area contributed by atoms with Crippen LogP contribution in [-0.4, -0.2) is 0 Å². The normalized spacial score (nSPS) is 19.2. The molecular weight excluding hydrogens is 328 g/mol. The van der Waals surface area contributed by atoms with Gasteiger partial charge in [0.1, 0.15) is 11.5 Å². The van der Waals surface area contributed by atoms with Crippen LogP contribution in [0, 0.1) is 13.8 Å². The Balaban J connectivity index is 1.66. The smallest absolute Gasteiger partial charge is 0.130 e. The molecule has 4 rings (SSSR count). The minimum atomic E-state index is 0.664. The van der Waals surface area contributed by atoms with Crippen LogP contribution in [-0.2, 0) is 0 Å². The molecular formula is C26H34O. The molecule has 0 bridgehead atoms. The molecule has 0 radical (unpaired) electrons.